The minimum absolute atomic E-state index is 0.0129. The van der Waals surface area contributed by atoms with Gasteiger partial charge in [0.1, 0.15) is 5.75 Å². The average Bonchev–Trinajstić information content (AvgIpc) is 3.14. The van der Waals surface area contributed by atoms with Crippen LogP contribution in [0.4, 0.5) is 37.8 Å². The van der Waals surface area contributed by atoms with Crippen molar-refractivity contribution in [1.82, 2.24) is 15.1 Å². The third-order valence-electron chi connectivity index (χ3n) is 4.98. The number of methoxy groups -OCH3 is 1. The third-order valence-corrected chi connectivity index (χ3v) is 4.98. The number of aliphatic imine (C=N–C) groups is 1. The van der Waals surface area contributed by atoms with Crippen molar-refractivity contribution in [2.75, 3.05) is 12.4 Å². The van der Waals surface area contributed by atoms with Crippen LogP contribution < -0.4 is 15.4 Å². The molecule has 192 valence electrons. The van der Waals surface area contributed by atoms with Gasteiger partial charge in [0.05, 0.1) is 12.7 Å². The summed E-state index contributed by atoms with van der Waals surface area (Å²) in [5.41, 5.74) is -2.40. The molecule has 0 unspecified atom stereocenters. The molecule has 13 heteroatoms. The average molecular weight is 513 g/mol. The number of aromatic nitrogens is 2. The first-order valence-electron chi connectivity index (χ1n) is 10.5. The molecule has 0 saturated heterocycles. The zero-order valence-corrected chi connectivity index (χ0v) is 19.3. The lowest BCUT2D eigenvalue weighted by atomic mass is 10.2. The van der Waals surface area contributed by atoms with E-state index in [1.165, 1.54) is 37.4 Å². The van der Waals surface area contributed by atoms with Crippen LogP contribution in [-0.2, 0) is 18.9 Å². The van der Waals surface area contributed by atoms with Crippen LogP contribution in [0.15, 0.2) is 53.5 Å². The van der Waals surface area contributed by atoms with Crippen molar-refractivity contribution in [3.63, 3.8) is 0 Å². The van der Waals surface area contributed by atoms with E-state index in [-0.39, 0.29) is 29.2 Å². The van der Waals surface area contributed by atoms with Crippen LogP contribution in [0, 0.1) is 6.92 Å². The Morgan fingerprint density at radius 1 is 1.06 bits per heavy atom. The van der Waals surface area contributed by atoms with E-state index in [4.69, 9.17) is 4.74 Å². The summed E-state index contributed by atoms with van der Waals surface area (Å²) in [6.07, 6.45) is -9.39. The van der Waals surface area contributed by atoms with Gasteiger partial charge in [0.25, 0.3) is 5.91 Å². The molecule has 0 aliphatic rings. The van der Waals surface area contributed by atoms with Gasteiger partial charge in [0.15, 0.2) is 11.5 Å². The first-order chi connectivity index (χ1) is 16.8. The summed E-state index contributed by atoms with van der Waals surface area (Å²) in [5.74, 6) is -0.868. The molecule has 7 nitrogen and oxygen atoms in total. The number of hydrogen-bond donors (Lipinski definition) is 2. The standard InChI is InChI=1S/C23H21F6N5O2/c1-4-34-19(13(2)18(33-34)23(27,28)29)31-21(30-16-7-5-6-15(12-16)22(24,25)26)32-20(35)14-8-10-17(36-3)11-9-14/h5-12H,4H2,1-3H3,(H2,30,31,32,35). The fourth-order valence-electron chi connectivity index (χ4n) is 3.20. The van der Waals surface area contributed by atoms with Crippen molar-refractivity contribution in [3.05, 3.63) is 70.9 Å². The normalized spacial score (nSPS) is 12.4. The van der Waals surface area contributed by atoms with Crippen LogP contribution in [0.1, 0.15) is 34.1 Å². The van der Waals surface area contributed by atoms with Gasteiger partial charge in [-0.25, -0.2) is 4.68 Å². The molecule has 3 aromatic rings. The molecule has 1 aromatic heterocycles. The van der Waals surface area contributed by atoms with Crippen LogP contribution in [-0.4, -0.2) is 28.8 Å². The van der Waals surface area contributed by atoms with Gasteiger partial charge in [-0.2, -0.15) is 36.4 Å². The monoisotopic (exact) mass is 513 g/mol. The second-order valence-electron chi connectivity index (χ2n) is 7.46. The van der Waals surface area contributed by atoms with Crippen LogP contribution in [0.2, 0.25) is 0 Å². The number of aryl methyl sites for hydroxylation is 1. The van der Waals surface area contributed by atoms with Crippen molar-refractivity contribution in [2.24, 2.45) is 4.99 Å². The Labute approximate surface area is 201 Å². The van der Waals surface area contributed by atoms with Crippen molar-refractivity contribution in [1.29, 1.82) is 0 Å². The number of hydrogen-bond acceptors (Lipinski definition) is 4. The second kappa shape index (κ2) is 10.3. The molecule has 0 aliphatic heterocycles. The van der Waals surface area contributed by atoms with Gasteiger partial charge < -0.3 is 10.1 Å². The summed E-state index contributed by atoms with van der Waals surface area (Å²) in [4.78, 5) is 16.9. The van der Waals surface area contributed by atoms with E-state index < -0.39 is 35.5 Å². The highest BCUT2D eigenvalue weighted by Crippen LogP contribution is 2.35. The van der Waals surface area contributed by atoms with E-state index in [0.29, 0.717) is 5.75 Å². The fourth-order valence-corrected chi connectivity index (χ4v) is 3.20. The van der Waals surface area contributed by atoms with Gasteiger partial charge in [-0.1, -0.05) is 6.07 Å². The topological polar surface area (TPSA) is 80.5 Å². The number of ether oxygens (including phenoxy) is 1. The maximum atomic E-state index is 13.4. The molecule has 2 aromatic carbocycles. The SMILES string of the molecule is CCn1nc(C(F)(F)F)c(C)c1N=C(NC(=O)c1ccc(OC)cc1)Nc1cccc(C(F)(F)F)c1. The summed E-state index contributed by atoms with van der Waals surface area (Å²) in [6, 6.07) is 9.94. The number of anilines is 1. The number of carbonyl (C=O) groups excluding carboxylic acids is 1. The van der Waals surface area contributed by atoms with Crippen LogP contribution >= 0.6 is 0 Å². The Bertz CT molecular complexity index is 1260. The smallest absolute Gasteiger partial charge is 0.435 e. The van der Waals surface area contributed by atoms with E-state index in [9.17, 15) is 31.1 Å². The number of nitrogens with zero attached hydrogens (tertiary/aromatic N) is 3. The first-order valence-corrected chi connectivity index (χ1v) is 10.5. The lowest BCUT2D eigenvalue weighted by Gasteiger charge is -2.14. The van der Waals surface area contributed by atoms with Crippen molar-refractivity contribution in [3.8, 4) is 5.75 Å². The van der Waals surface area contributed by atoms with E-state index in [0.717, 1.165) is 29.8 Å². The maximum Gasteiger partial charge on any atom is 0.435 e. The number of guanidine groups is 1. The van der Waals surface area contributed by atoms with Crippen molar-refractivity contribution >= 4 is 23.4 Å². The third kappa shape index (κ3) is 6.15. The molecule has 0 fully saturated rings. The molecule has 1 heterocycles. The number of carbonyl (C=O) groups is 1. The predicted octanol–water partition coefficient (Wildman–Crippen LogP) is 5.79. The van der Waals surface area contributed by atoms with Gasteiger partial charge in [0, 0.05) is 23.4 Å². The molecule has 0 aliphatic carbocycles. The predicted molar refractivity (Wildman–Crippen MR) is 120 cm³/mol. The Balaban J connectivity index is 2.05. The highest BCUT2D eigenvalue weighted by molar-refractivity contribution is 6.10. The molecule has 2 N–H and O–H groups in total. The highest BCUT2D eigenvalue weighted by Gasteiger charge is 2.38. The second-order valence-corrected chi connectivity index (χ2v) is 7.46. The van der Waals surface area contributed by atoms with E-state index in [1.807, 2.05) is 0 Å². The lowest BCUT2D eigenvalue weighted by molar-refractivity contribution is -0.142. The molecule has 3 rings (SSSR count). The van der Waals surface area contributed by atoms with E-state index in [1.54, 1.807) is 6.92 Å². The van der Waals surface area contributed by atoms with Gasteiger partial charge in [0.2, 0.25) is 5.96 Å². The highest BCUT2D eigenvalue weighted by atomic mass is 19.4. The Morgan fingerprint density at radius 3 is 2.28 bits per heavy atom. The van der Waals surface area contributed by atoms with Gasteiger partial charge >= 0.3 is 12.4 Å². The lowest BCUT2D eigenvalue weighted by Crippen LogP contribution is -2.36. The van der Waals surface area contributed by atoms with Crippen LogP contribution in [0.5, 0.6) is 5.75 Å². The number of nitrogens with one attached hydrogen (secondary N) is 2. The number of amides is 1. The first kappa shape index (κ1) is 26.6. The minimum Gasteiger partial charge on any atom is -0.497 e. The largest absolute Gasteiger partial charge is 0.497 e. The Kier molecular flexibility index (Phi) is 7.60. The number of rotatable bonds is 5. The molecule has 0 saturated carbocycles. The summed E-state index contributed by atoms with van der Waals surface area (Å²) < 4.78 is 85.6. The molecular weight excluding hydrogens is 492 g/mol. The molecule has 36 heavy (non-hydrogen) atoms. The van der Waals surface area contributed by atoms with E-state index in [2.05, 4.69) is 20.7 Å². The van der Waals surface area contributed by atoms with Gasteiger partial charge in [-0.15, -0.1) is 0 Å². The quantitative estimate of drug-likeness (QED) is 0.257. The number of benzene rings is 2. The number of halogens is 6. The summed E-state index contributed by atoms with van der Waals surface area (Å²) in [7, 11) is 1.44. The molecule has 0 atom stereocenters. The van der Waals surface area contributed by atoms with Crippen molar-refractivity contribution in [2.45, 2.75) is 32.7 Å². The molecule has 0 spiro atoms. The summed E-state index contributed by atoms with van der Waals surface area (Å²) in [5, 5.41) is 8.51. The van der Waals surface area contributed by atoms with Crippen molar-refractivity contribution < 1.29 is 35.9 Å². The summed E-state index contributed by atoms with van der Waals surface area (Å²) in [6.45, 7) is 2.72. The zero-order chi connectivity index (χ0) is 26.7. The van der Waals surface area contributed by atoms with E-state index >= 15 is 0 Å². The molecule has 0 bridgehead atoms. The van der Waals surface area contributed by atoms with Crippen LogP contribution in [0.3, 0.4) is 0 Å². The Morgan fingerprint density at radius 2 is 1.72 bits per heavy atom. The molecular formula is C23H21F6N5O2. The zero-order valence-electron chi connectivity index (χ0n) is 19.3. The Hall–Kier alpha value is -4.03. The fraction of sp³-hybridized carbons (Fsp3) is 0.261. The molecule has 0 radical (unpaired) electrons. The van der Waals surface area contributed by atoms with Crippen LogP contribution in [0.25, 0.3) is 0 Å². The maximum absolute atomic E-state index is 13.4. The van der Waals surface area contributed by atoms with Gasteiger partial charge in [-0.3, -0.25) is 10.1 Å². The summed E-state index contributed by atoms with van der Waals surface area (Å²) >= 11 is 0. The minimum atomic E-state index is -4.75. The molecule has 1 amide bonds. The van der Waals surface area contributed by atoms with Gasteiger partial charge in [-0.05, 0) is 56.3 Å². The number of alkyl halides is 6.